The molecule has 1 atom stereocenters. The maximum Gasteiger partial charge on any atom is 0.243 e. The van der Waals surface area contributed by atoms with Crippen molar-refractivity contribution in [1.29, 1.82) is 0 Å². The largest absolute Gasteiger partial charge is 0.302 e. The van der Waals surface area contributed by atoms with Crippen LogP contribution < -0.4 is 0 Å². The third kappa shape index (κ3) is 6.44. The van der Waals surface area contributed by atoms with Gasteiger partial charge in [-0.25, -0.2) is 4.39 Å². The monoisotopic (exact) mass is 547 g/mol. The summed E-state index contributed by atoms with van der Waals surface area (Å²) in [6.07, 6.45) is 1.40. The minimum absolute atomic E-state index is 0.0461. The lowest BCUT2D eigenvalue weighted by Gasteiger charge is -2.39. The van der Waals surface area contributed by atoms with Gasteiger partial charge in [0, 0.05) is 29.6 Å². The van der Waals surface area contributed by atoms with Crippen molar-refractivity contribution in [3.8, 4) is 0 Å². The van der Waals surface area contributed by atoms with Crippen LogP contribution in [0.25, 0.3) is 0 Å². The highest BCUT2D eigenvalue weighted by molar-refractivity contribution is 6.30. The van der Waals surface area contributed by atoms with Gasteiger partial charge >= 0.3 is 0 Å². The number of halogens is 2. The van der Waals surface area contributed by atoms with E-state index in [9.17, 15) is 18.8 Å². The Hall–Kier alpha value is -3.39. The highest BCUT2D eigenvalue weighted by Gasteiger charge is 2.36. The van der Waals surface area contributed by atoms with Crippen molar-refractivity contribution in [2.75, 3.05) is 39.3 Å². The van der Waals surface area contributed by atoms with E-state index in [1.54, 1.807) is 0 Å². The molecular formula is C31H31ClFN3O3. The molecule has 0 aromatic heterocycles. The lowest BCUT2D eigenvalue weighted by Crippen LogP contribution is -2.56. The number of rotatable bonds is 8. The van der Waals surface area contributed by atoms with E-state index in [-0.39, 0.29) is 48.5 Å². The Morgan fingerprint density at radius 3 is 2.03 bits per heavy atom. The molecule has 2 amide bonds. The van der Waals surface area contributed by atoms with Gasteiger partial charge < -0.3 is 4.90 Å². The normalized spacial score (nSPS) is 18.4. The van der Waals surface area contributed by atoms with E-state index >= 15 is 0 Å². The number of hydrogen-bond acceptors (Lipinski definition) is 5. The highest BCUT2D eigenvalue weighted by Crippen LogP contribution is 2.31. The van der Waals surface area contributed by atoms with Crippen LogP contribution in [0.2, 0.25) is 5.02 Å². The standard InChI is InChI=1S/C31H31ClFN3O3/c32-26-10-6-23(7-11-26)30(22-4-2-1-3-5-22)35-20-28(37)36(29(38)21-35)19-18-34-16-14-25(15-17-34)31(39)24-8-12-27(33)13-9-24/h1-13,25,30H,14-21H2. The lowest BCUT2D eigenvalue weighted by atomic mass is 9.89. The number of Topliss-reactive ketones (excluding diaryl/α,β-unsaturated/α-hetero) is 1. The molecule has 0 radical (unpaired) electrons. The lowest BCUT2D eigenvalue weighted by molar-refractivity contribution is -0.152. The molecule has 6 nitrogen and oxygen atoms in total. The van der Waals surface area contributed by atoms with Crippen LogP contribution in [-0.4, -0.2) is 71.6 Å². The van der Waals surface area contributed by atoms with Crippen molar-refractivity contribution in [3.63, 3.8) is 0 Å². The number of piperazine rings is 1. The minimum atomic E-state index is -0.355. The van der Waals surface area contributed by atoms with Gasteiger partial charge in [0.25, 0.3) is 0 Å². The molecule has 2 saturated heterocycles. The predicted octanol–water partition coefficient (Wildman–Crippen LogP) is 4.83. The van der Waals surface area contributed by atoms with Crippen molar-refractivity contribution in [1.82, 2.24) is 14.7 Å². The van der Waals surface area contributed by atoms with Crippen LogP contribution in [0.4, 0.5) is 4.39 Å². The second-order valence-corrected chi connectivity index (χ2v) is 10.6. The van der Waals surface area contributed by atoms with Crippen molar-refractivity contribution in [3.05, 3.63) is 106 Å². The number of ketones is 1. The maximum absolute atomic E-state index is 13.2. The summed E-state index contributed by atoms with van der Waals surface area (Å²) < 4.78 is 13.2. The molecular weight excluding hydrogens is 517 g/mol. The molecule has 39 heavy (non-hydrogen) atoms. The van der Waals surface area contributed by atoms with E-state index in [4.69, 9.17) is 11.6 Å². The molecule has 2 fully saturated rings. The number of hydrogen-bond donors (Lipinski definition) is 0. The van der Waals surface area contributed by atoms with E-state index in [1.807, 2.05) is 59.5 Å². The molecule has 0 saturated carbocycles. The van der Waals surface area contributed by atoms with Crippen LogP contribution in [0.5, 0.6) is 0 Å². The van der Waals surface area contributed by atoms with Gasteiger partial charge in [0.2, 0.25) is 11.8 Å². The van der Waals surface area contributed by atoms with E-state index < -0.39 is 0 Å². The summed E-state index contributed by atoms with van der Waals surface area (Å²) in [5.74, 6) is -0.817. The molecule has 0 bridgehead atoms. The first-order chi connectivity index (χ1) is 18.9. The molecule has 0 aliphatic carbocycles. The Balaban J connectivity index is 1.17. The van der Waals surface area contributed by atoms with Crippen LogP contribution in [0, 0.1) is 11.7 Å². The van der Waals surface area contributed by atoms with E-state index in [0.29, 0.717) is 49.6 Å². The van der Waals surface area contributed by atoms with Gasteiger partial charge in [0.05, 0.1) is 19.1 Å². The Morgan fingerprint density at radius 2 is 1.41 bits per heavy atom. The van der Waals surface area contributed by atoms with Gasteiger partial charge in [0.15, 0.2) is 5.78 Å². The first-order valence-electron chi connectivity index (χ1n) is 13.3. The predicted molar refractivity (Wildman–Crippen MR) is 148 cm³/mol. The van der Waals surface area contributed by atoms with Gasteiger partial charge in [-0.2, -0.15) is 0 Å². The third-order valence-corrected chi connectivity index (χ3v) is 7.92. The second kappa shape index (κ2) is 12.2. The maximum atomic E-state index is 13.2. The SMILES string of the molecule is O=C(c1ccc(F)cc1)C1CCN(CCN2C(=O)CN(C(c3ccccc3)c3ccc(Cl)cc3)CC2=O)CC1. The first kappa shape index (κ1) is 27.2. The summed E-state index contributed by atoms with van der Waals surface area (Å²) in [6.45, 7) is 2.62. The molecule has 8 heteroatoms. The molecule has 3 aromatic carbocycles. The van der Waals surface area contributed by atoms with Crippen LogP contribution in [0.1, 0.15) is 40.4 Å². The molecule has 2 aliphatic heterocycles. The Labute approximate surface area is 233 Å². The molecule has 0 spiro atoms. The summed E-state index contributed by atoms with van der Waals surface area (Å²) >= 11 is 6.11. The van der Waals surface area contributed by atoms with Gasteiger partial charge in [-0.05, 0) is 73.5 Å². The number of piperidine rings is 1. The third-order valence-electron chi connectivity index (χ3n) is 7.67. The fourth-order valence-corrected chi connectivity index (χ4v) is 5.68. The molecule has 2 heterocycles. The topological polar surface area (TPSA) is 60.9 Å². The zero-order chi connectivity index (χ0) is 27.4. The number of amides is 2. The molecule has 3 aromatic rings. The van der Waals surface area contributed by atoms with Gasteiger partial charge in [-0.1, -0.05) is 54.1 Å². The highest BCUT2D eigenvalue weighted by atomic mass is 35.5. The average molecular weight is 548 g/mol. The fourth-order valence-electron chi connectivity index (χ4n) is 5.55. The van der Waals surface area contributed by atoms with Crippen molar-refractivity contribution >= 4 is 29.2 Å². The van der Waals surface area contributed by atoms with Crippen LogP contribution in [0.3, 0.4) is 0 Å². The quantitative estimate of drug-likeness (QED) is 0.298. The van der Waals surface area contributed by atoms with Crippen LogP contribution in [-0.2, 0) is 9.59 Å². The molecule has 0 N–H and O–H groups in total. The van der Waals surface area contributed by atoms with E-state index in [0.717, 1.165) is 11.1 Å². The summed E-state index contributed by atoms with van der Waals surface area (Å²) in [7, 11) is 0. The molecule has 1 unspecified atom stereocenters. The Bertz CT molecular complexity index is 1290. The van der Waals surface area contributed by atoms with Crippen molar-refractivity contribution in [2.24, 2.45) is 5.92 Å². The van der Waals surface area contributed by atoms with Gasteiger partial charge in [-0.3, -0.25) is 24.2 Å². The number of likely N-dealkylation sites (tertiary alicyclic amines) is 1. The average Bonchev–Trinajstić information content (AvgIpc) is 2.95. The van der Waals surface area contributed by atoms with Gasteiger partial charge in [0.1, 0.15) is 5.82 Å². The Kier molecular flexibility index (Phi) is 8.50. The number of benzene rings is 3. The van der Waals surface area contributed by atoms with Crippen molar-refractivity contribution < 1.29 is 18.8 Å². The molecule has 5 rings (SSSR count). The van der Waals surface area contributed by atoms with Crippen LogP contribution >= 0.6 is 11.6 Å². The van der Waals surface area contributed by atoms with E-state index in [1.165, 1.54) is 29.2 Å². The number of nitrogens with zero attached hydrogens (tertiary/aromatic N) is 3. The zero-order valence-corrected chi connectivity index (χ0v) is 22.4. The smallest absolute Gasteiger partial charge is 0.243 e. The number of carbonyl (C=O) groups excluding carboxylic acids is 3. The van der Waals surface area contributed by atoms with Gasteiger partial charge in [-0.15, -0.1) is 0 Å². The fraction of sp³-hybridized carbons (Fsp3) is 0.323. The van der Waals surface area contributed by atoms with Crippen LogP contribution in [0.15, 0.2) is 78.9 Å². The van der Waals surface area contributed by atoms with E-state index in [2.05, 4.69) is 4.90 Å². The first-order valence-corrected chi connectivity index (χ1v) is 13.7. The zero-order valence-electron chi connectivity index (χ0n) is 21.6. The number of carbonyl (C=O) groups is 3. The Morgan fingerprint density at radius 1 is 0.821 bits per heavy atom. The summed E-state index contributed by atoms with van der Waals surface area (Å²) in [5.41, 5.74) is 2.51. The number of imide groups is 1. The minimum Gasteiger partial charge on any atom is -0.302 e. The summed E-state index contributed by atoms with van der Waals surface area (Å²) in [5, 5.41) is 0.631. The summed E-state index contributed by atoms with van der Waals surface area (Å²) in [4.78, 5) is 44.6. The molecule has 202 valence electrons. The molecule has 2 aliphatic rings. The summed E-state index contributed by atoms with van der Waals surface area (Å²) in [6, 6.07) is 22.8. The van der Waals surface area contributed by atoms with Crippen molar-refractivity contribution in [2.45, 2.75) is 18.9 Å². The second-order valence-electron chi connectivity index (χ2n) is 10.2.